The van der Waals surface area contributed by atoms with Crippen molar-refractivity contribution in [1.29, 1.82) is 0 Å². The van der Waals surface area contributed by atoms with Crippen molar-refractivity contribution in [2.45, 2.75) is 25.3 Å². The maximum Gasteiger partial charge on any atom is 0.218 e. The zero-order chi connectivity index (χ0) is 16.7. The minimum Gasteiger partial charge on any atom is -0.493 e. The lowest BCUT2D eigenvalue weighted by Gasteiger charge is -2.34. The number of guanidine groups is 1. The zero-order valence-electron chi connectivity index (χ0n) is 12.2. The summed E-state index contributed by atoms with van der Waals surface area (Å²) in [6.45, 7) is 2.54. The first-order valence-corrected chi connectivity index (χ1v) is 7.10. The first-order valence-electron chi connectivity index (χ1n) is 6.31. The molecule has 1 aliphatic heterocycles. The predicted molar refractivity (Wildman–Crippen MR) is 83.9 cm³/mol. The van der Waals surface area contributed by atoms with Gasteiger partial charge in [-0.2, -0.15) is 4.99 Å². The molecule has 5 N–H and O–H groups in total. The van der Waals surface area contributed by atoms with E-state index in [1.54, 1.807) is 0 Å². The Morgan fingerprint density at radius 1 is 1.41 bits per heavy atom. The third-order valence-electron chi connectivity index (χ3n) is 3.00. The van der Waals surface area contributed by atoms with Crippen molar-refractivity contribution in [2.75, 3.05) is 7.11 Å². The molecular formula is C13H16BrF2N5O. The second-order valence-electron chi connectivity index (χ2n) is 5.23. The molecule has 0 bridgehead atoms. The number of rotatable bonds is 3. The Balaban J connectivity index is 2.69. The number of aliphatic imine (C=N–C) groups is 2. The minimum absolute atomic E-state index is 0.126. The molecule has 0 aliphatic carbocycles. The normalized spacial score (nSPS) is 21.8. The van der Waals surface area contributed by atoms with Crippen molar-refractivity contribution in [3.63, 3.8) is 0 Å². The third kappa shape index (κ3) is 2.91. The number of methoxy groups -OCH3 is 1. The molecule has 120 valence electrons. The molecule has 1 aromatic rings. The van der Waals surface area contributed by atoms with Gasteiger partial charge in [0.05, 0.1) is 12.7 Å². The van der Waals surface area contributed by atoms with Crippen molar-refractivity contribution < 1.29 is 13.5 Å². The molecule has 22 heavy (non-hydrogen) atoms. The molecule has 1 heterocycles. The highest BCUT2D eigenvalue weighted by Crippen LogP contribution is 2.37. The third-order valence-corrected chi connectivity index (χ3v) is 3.66. The summed E-state index contributed by atoms with van der Waals surface area (Å²) in [4.78, 5) is 7.89. The molecule has 0 saturated heterocycles. The summed E-state index contributed by atoms with van der Waals surface area (Å²) in [6.07, 6.45) is 0. The van der Waals surface area contributed by atoms with E-state index in [1.165, 1.54) is 33.1 Å². The van der Waals surface area contributed by atoms with Gasteiger partial charge in [0.25, 0.3) is 0 Å². The van der Waals surface area contributed by atoms with Gasteiger partial charge >= 0.3 is 0 Å². The molecule has 0 aromatic heterocycles. The second-order valence-corrected chi connectivity index (χ2v) is 6.09. The van der Waals surface area contributed by atoms with E-state index in [-0.39, 0.29) is 23.1 Å². The average Bonchev–Trinajstić information content (AvgIpc) is 2.38. The minimum atomic E-state index is -1.87. The first kappa shape index (κ1) is 16.6. The standard InChI is InChI=1S/C13H16BrF2N5O/c1-12(2,16)10-19-11(17)21-13(18,20-10)8-6(14)4-5-7(15)9(8)22-3/h4-5H,18H2,1-3H3,(H3,17,19,20,21). The van der Waals surface area contributed by atoms with Crippen molar-refractivity contribution in [2.24, 2.45) is 21.5 Å². The van der Waals surface area contributed by atoms with E-state index in [2.05, 4.69) is 31.2 Å². The molecule has 1 aromatic carbocycles. The number of nitrogens with zero attached hydrogens (tertiary/aromatic N) is 2. The summed E-state index contributed by atoms with van der Waals surface area (Å²) in [5.41, 5.74) is 10.2. The summed E-state index contributed by atoms with van der Waals surface area (Å²) < 4.78 is 33.6. The monoisotopic (exact) mass is 375 g/mol. The summed E-state index contributed by atoms with van der Waals surface area (Å²) >= 11 is 3.27. The highest BCUT2D eigenvalue weighted by Gasteiger charge is 2.40. The Kier molecular flexibility index (Phi) is 4.14. The number of halogens is 3. The average molecular weight is 376 g/mol. The van der Waals surface area contributed by atoms with Crippen LogP contribution in [-0.2, 0) is 5.79 Å². The lowest BCUT2D eigenvalue weighted by molar-refractivity contribution is 0.297. The van der Waals surface area contributed by atoms with Crippen LogP contribution in [0.25, 0.3) is 0 Å². The molecule has 6 nitrogen and oxygen atoms in total. The Bertz CT molecular complexity index is 671. The van der Waals surface area contributed by atoms with Crippen LogP contribution < -0.4 is 21.5 Å². The number of nitrogens with two attached hydrogens (primary N) is 2. The van der Waals surface area contributed by atoms with Gasteiger partial charge < -0.3 is 15.8 Å². The Morgan fingerprint density at radius 3 is 2.59 bits per heavy atom. The van der Waals surface area contributed by atoms with Gasteiger partial charge in [-0.3, -0.25) is 5.73 Å². The number of nitrogens with one attached hydrogen (secondary N) is 1. The Labute approximate surface area is 134 Å². The number of hydrogen-bond acceptors (Lipinski definition) is 6. The number of alkyl halides is 1. The van der Waals surface area contributed by atoms with Gasteiger partial charge in [0.15, 0.2) is 29.0 Å². The van der Waals surface area contributed by atoms with Crippen LogP contribution in [0.5, 0.6) is 5.75 Å². The molecule has 0 saturated carbocycles. The van der Waals surface area contributed by atoms with Gasteiger partial charge in [-0.05, 0) is 26.0 Å². The molecule has 1 unspecified atom stereocenters. The molecule has 1 aliphatic rings. The molecule has 2 rings (SSSR count). The maximum absolute atomic E-state index is 14.2. The van der Waals surface area contributed by atoms with E-state index in [9.17, 15) is 8.78 Å². The Morgan fingerprint density at radius 2 is 2.05 bits per heavy atom. The molecule has 0 spiro atoms. The van der Waals surface area contributed by atoms with E-state index in [4.69, 9.17) is 16.2 Å². The summed E-state index contributed by atoms with van der Waals surface area (Å²) in [7, 11) is 1.29. The van der Waals surface area contributed by atoms with Crippen molar-refractivity contribution in [3.8, 4) is 5.75 Å². The van der Waals surface area contributed by atoms with Crippen LogP contribution in [0, 0.1) is 5.82 Å². The van der Waals surface area contributed by atoms with Crippen LogP contribution in [0.2, 0.25) is 0 Å². The highest BCUT2D eigenvalue weighted by atomic mass is 79.9. The molecule has 0 amide bonds. The van der Waals surface area contributed by atoms with Gasteiger partial charge in [0.2, 0.25) is 5.79 Å². The summed E-state index contributed by atoms with van der Waals surface area (Å²) in [5, 5.41) is 2.63. The van der Waals surface area contributed by atoms with E-state index < -0.39 is 17.3 Å². The number of amidine groups is 1. The fraction of sp³-hybridized carbons (Fsp3) is 0.385. The van der Waals surface area contributed by atoms with Crippen molar-refractivity contribution in [1.82, 2.24) is 5.32 Å². The lowest BCUT2D eigenvalue weighted by Crippen LogP contribution is -2.58. The summed E-state index contributed by atoms with van der Waals surface area (Å²) in [6, 6.07) is 2.65. The SMILES string of the molecule is COc1c(F)ccc(Br)c1C1(N)N=C(C(C)(C)F)N=C(N)N1. The van der Waals surface area contributed by atoms with E-state index in [0.717, 1.165) is 0 Å². The van der Waals surface area contributed by atoms with Crippen molar-refractivity contribution >= 4 is 27.7 Å². The van der Waals surface area contributed by atoms with Crippen LogP contribution in [0.3, 0.4) is 0 Å². The molecular weight excluding hydrogens is 360 g/mol. The largest absolute Gasteiger partial charge is 0.493 e. The number of hydrogen-bond donors (Lipinski definition) is 3. The molecule has 9 heteroatoms. The van der Waals surface area contributed by atoms with E-state index >= 15 is 0 Å². The van der Waals surface area contributed by atoms with Gasteiger partial charge in [-0.15, -0.1) is 0 Å². The lowest BCUT2D eigenvalue weighted by atomic mass is 10.0. The Hall–Kier alpha value is -1.74. The van der Waals surface area contributed by atoms with E-state index in [1.807, 2.05) is 0 Å². The fourth-order valence-corrected chi connectivity index (χ4v) is 2.64. The van der Waals surface area contributed by atoms with Gasteiger partial charge in [-0.1, -0.05) is 15.9 Å². The van der Waals surface area contributed by atoms with Gasteiger partial charge in [-0.25, -0.2) is 13.8 Å². The molecule has 0 fully saturated rings. The number of benzene rings is 1. The fourth-order valence-electron chi connectivity index (χ4n) is 2.03. The molecule has 1 atom stereocenters. The highest BCUT2D eigenvalue weighted by molar-refractivity contribution is 9.10. The summed E-state index contributed by atoms with van der Waals surface area (Å²) in [5.74, 6) is -2.82. The molecule has 0 radical (unpaired) electrons. The van der Waals surface area contributed by atoms with Crippen LogP contribution in [0.15, 0.2) is 26.6 Å². The maximum atomic E-state index is 14.2. The van der Waals surface area contributed by atoms with Crippen LogP contribution >= 0.6 is 15.9 Å². The topological polar surface area (TPSA) is 98.0 Å². The van der Waals surface area contributed by atoms with Gasteiger partial charge in [0, 0.05) is 4.47 Å². The smallest absolute Gasteiger partial charge is 0.218 e. The number of ether oxygens (including phenoxy) is 1. The van der Waals surface area contributed by atoms with Crippen LogP contribution in [-0.4, -0.2) is 24.6 Å². The van der Waals surface area contributed by atoms with Gasteiger partial charge in [0.1, 0.15) is 0 Å². The van der Waals surface area contributed by atoms with Crippen molar-refractivity contribution in [3.05, 3.63) is 28.0 Å². The zero-order valence-corrected chi connectivity index (χ0v) is 13.8. The first-order chi connectivity index (χ1) is 10.1. The van der Waals surface area contributed by atoms with Crippen LogP contribution in [0.4, 0.5) is 8.78 Å². The van der Waals surface area contributed by atoms with E-state index in [0.29, 0.717) is 4.47 Å². The predicted octanol–water partition coefficient (Wildman–Crippen LogP) is 1.73. The quantitative estimate of drug-likeness (QED) is 0.749. The second kappa shape index (κ2) is 5.47. The van der Waals surface area contributed by atoms with Crippen LogP contribution in [0.1, 0.15) is 19.4 Å².